The summed E-state index contributed by atoms with van der Waals surface area (Å²) in [6, 6.07) is 11.8. The molecule has 0 bridgehead atoms. The highest BCUT2D eigenvalue weighted by atomic mass is 16.2. The minimum absolute atomic E-state index is 0.0742. The number of hydrogen-bond donors (Lipinski definition) is 0. The van der Waals surface area contributed by atoms with Gasteiger partial charge in [-0.1, -0.05) is 36.9 Å². The lowest BCUT2D eigenvalue weighted by Crippen LogP contribution is -2.35. The van der Waals surface area contributed by atoms with Crippen molar-refractivity contribution in [3.63, 3.8) is 0 Å². The van der Waals surface area contributed by atoms with E-state index in [0.717, 1.165) is 28.2 Å². The average Bonchev–Trinajstić information content (AvgIpc) is 3.12. The van der Waals surface area contributed by atoms with E-state index in [0.29, 0.717) is 25.3 Å². The molecular formula is C20H19N5O. The number of nitrogens with zero attached hydrogens (tertiary/aromatic N) is 5. The van der Waals surface area contributed by atoms with Crippen molar-refractivity contribution in [2.24, 2.45) is 7.05 Å². The zero-order valence-electron chi connectivity index (χ0n) is 14.6. The molecule has 3 heterocycles. The van der Waals surface area contributed by atoms with E-state index in [1.54, 1.807) is 9.58 Å². The molecule has 1 aromatic carbocycles. The SMILES string of the molecule is C=CC(=O)N1CCc2c(nc(-c3ccccc3)nc2-c2ccn(C)n2)C1. The molecule has 0 radical (unpaired) electrons. The van der Waals surface area contributed by atoms with Gasteiger partial charge in [-0.15, -0.1) is 0 Å². The van der Waals surface area contributed by atoms with E-state index < -0.39 is 0 Å². The molecule has 0 atom stereocenters. The van der Waals surface area contributed by atoms with Crippen molar-refractivity contribution < 1.29 is 4.79 Å². The average molecular weight is 345 g/mol. The Labute approximate surface area is 151 Å². The molecular weight excluding hydrogens is 326 g/mol. The summed E-state index contributed by atoms with van der Waals surface area (Å²) >= 11 is 0. The van der Waals surface area contributed by atoms with Crippen LogP contribution < -0.4 is 0 Å². The number of carbonyl (C=O) groups excluding carboxylic acids is 1. The second-order valence-corrected chi connectivity index (χ2v) is 6.28. The molecule has 1 amide bonds. The maximum Gasteiger partial charge on any atom is 0.246 e. The van der Waals surface area contributed by atoms with Gasteiger partial charge in [0.15, 0.2) is 5.82 Å². The Balaban J connectivity index is 1.86. The van der Waals surface area contributed by atoms with Gasteiger partial charge >= 0.3 is 0 Å². The van der Waals surface area contributed by atoms with Crippen LogP contribution in [0.2, 0.25) is 0 Å². The smallest absolute Gasteiger partial charge is 0.246 e. The van der Waals surface area contributed by atoms with Gasteiger partial charge in [-0.25, -0.2) is 9.97 Å². The van der Waals surface area contributed by atoms with Crippen molar-refractivity contribution in [2.45, 2.75) is 13.0 Å². The normalized spacial score (nSPS) is 13.3. The lowest BCUT2D eigenvalue weighted by Gasteiger charge is -2.28. The molecule has 6 nitrogen and oxygen atoms in total. The molecule has 0 fully saturated rings. The fourth-order valence-electron chi connectivity index (χ4n) is 3.22. The summed E-state index contributed by atoms with van der Waals surface area (Å²) in [5.74, 6) is 0.577. The first-order chi connectivity index (χ1) is 12.7. The first kappa shape index (κ1) is 16.2. The van der Waals surface area contributed by atoms with Gasteiger partial charge in [0.25, 0.3) is 0 Å². The van der Waals surface area contributed by atoms with Gasteiger partial charge in [0.1, 0.15) is 5.69 Å². The number of aryl methyl sites for hydroxylation is 1. The summed E-state index contributed by atoms with van der Waals surface area (Å²) in [4.78, 5) is 23.4. The summed E-state index contributed by atoms with van der Waals surface area (Å²) < 4.78 is 1.77. The molecule has 2 aromatic heterocycles. The van der Waals surface area contributed by atoms with E-state index in [1.165, 1.54) is 6.08 Å². The first-order valence-corrected chi connectivity index (χ1v) is 8.52. The highest BCUT2D eigenvalue weighted by molar-refractivity contribution is 5.87. The van der Waals surface area contributed by atoms with E-state index in [2.05, 4.69) is 11.7 Å². The van der Waals surface area contributed by atoms with Crippen LogP contribution in [0, 0.1) is 0 Å². The largest absolute Gasteiger partial charge is 0.333 e. The third-order valence-electron chi connectivity index (χ3n) is 4.54. The summed E-state index contributed by atoms with van der Waals surface area (Å²) in [5, 5.41) is 4.52. The van der Waals surface area contributed by atoms with Crippen LogP contribution >= 0.6 is 0 Å². The molecule has 0 saturated heterocycles. The Hall–Kier alpha value is -3.28. The Morgan fingerprint density at radius 3 is 2.69 bits per heavy atom. The number of rotatable bonds is 3. The second kappa shape index (κ2) is 6.55. The fraction of sp³-hybridized carbons (Fsp3) is 0.200. The molecule has 4 rings (SSSR count). The molecule has 0 unspecified atom stereocenters. The van der Waals surface area contributed by atoms with Crippen LogP contribution in [0.4, 0.5) is 0 Å². The first-order valence-electron chi connectivity index (χ1n) is 8.52. The highest BCUT2D eigenvalue weighted by Gasteiger charge is 2.25. The van der Waals surface area contributed by atoms with Crippen LogP contribution in [0.3, 0.4) is 0 Å². The number of benzene rings is 1. The molecule has 6 heteroatoms. The predicted octanol–water partition coefficient (Wildman–Crippen LogP) is 2.61. The zero-order valence-corrected chi connectivity index (χ0v) is 14.6. The van der Waals surface area contributed by atoms with Gasteiger partial charge in [0, 0.05) is 30.9 Å². The van der Waals surface area contributed by atoms with E-state index in [9.17, 15) is 4.79 Å². The molecule has 1 aliphatic rings. The highest BCUT2D eigenvalue weighted by Crippen LogP contribution is 2.29. The number of fused-ring (bicyclic) bond motifs is 1. The van der Waals surface area contributed by atoms with Gasteiger partial charge in [0.2, 0.25) is 5.91 Å². The van der Waals surface area contributed by atoms with E-state index >= 15 is 0 Å². The number of carbonyl (C=O) groups is 1. The van der Waals surface area contributed by atoms with Crippen molar-refractivity contribution in [1.29, 1.82) is 0 Å². The molecule has 0 N–H and O–H groups in total. The monoisotopic (exact) mass is 345 g/mol. The maximum absolute atomic E-state index is 12.0. The van der Waals surface area contributed by atoms with E-state index in [4.69, 9.17) is 9.97 Å². The van der Waals surface area contributed by atoms with Crippen molar-refractivity contribution in [2.75, 3.05) is 6.54 Å². The van der Waals surface area contributed by atoms with Crippen LogP contribution in [0.15, 0.2) is 55.3 Å². The van der Waals surface area contributed by atoms with Crippen molar-refractivity contribution in [1.82, 2.24) is 24.6 Å². The minimum Gasteiger partial charge on any atom is -0.333 e. The molecule has 0 aliphatic carbocycles. The zero-order chi connectivity index (χ0) is 18.1. The topological polar surface area (TPSA) is 63.9 Å². The number of hydrogen-bond acceptors (Lipinski definition) is 4. The Morgan fingerprint density at radius 2 is 2.00 bits per heavy atom. The fourth-order valence-corrected chi connectivity index (χ4v) is 3.22. The molecule has 0 spiro atoms. The third-order valence-corrected chi connectivity index (χ3v) is 4.54. The molecule has 3 aromatic rings. The quantitative estimate of drug-likeness (QED) is 0.685. The van der Waals surface area contributed by atoms with Crippen molar-refractivity contribution >= 4 is 5.91 Å². The summed E-state index contributed by atoms with van der Waals surface area (Å²) in [5.41, 5.74) is 4.56. The van der Waals surface area contributed by atoms with Crippen LogP contribution in [0.1, 0.15) is 11.3 Å². The van der Waals surface area contributed by atoms with Gasteiger partial charge in [-0.05, 0) is 18.6 Å². The van der Waals surface area contributed by atoms with E-state index in [1.807, 2.05) is 49.6 Å². The summed E-state index contributed by atoms with van der Waals surface area (Å²) in [7, 11) is 1.89. The summed E-state index contributed by atoms with van der Waals surface area (Å²) in [6.07, 6.45) is 3.96. The Bertz CT molecular complexity index is 977. The predicted molar refractivity (Wildman–Crippen MR) is 99.0 cm³/mol. The summed E-state index contributed by atoms with van der Waals surface area (Å²) in [6.45, 7) is 4.68. The maximum atomic E-state index is 12.0. The lowest BCUT2D eigenvalue weighted by molar-refractivity contribution is -0.126. The molecule has 130 valence electrons. The van der Waals surface area contributed by atoms with Crippen LogP contribution in [0.25, 0.3) is 22.8 Å². The Morgan fingerprint density at radius 1 is 1.19 bits per heavy atom. The van der Waals surface area contributed by atoms with Crippen LogP contribution in [-0.4, -0.2) is 37.1 Å². The molecule has 1 aliphatic heterocycles. The van der Waals surface area contributed by atoms with E-state index in [-0.39, 0.29) is 5.91 Å². The van der Waals surface area contributed by atoms with Gasteiger partial charge < -0.3 is 4.90 Å². The Kier molecular flexibility index (Phi) is 4.08. The lowest BCUT2D eigenvalue weighted by atomic mass is 10.0. The van der Waals surface area contributed by atoms with Crippen molar-refractivity contribution in [3.8, 4) is 22.8 Å². The number of aromatic nitrogens is 4. The second-order valence-electron chi connectivity index (χ2n) is 6.28. The van der Waals surface area contributed by atoms with Gasteiger partial charge in [-0.3, -0.25) is 9.48 Å². The molecule has 0 saturated carbocycles. The minimum atomic E-state index is -0.0742. The third kappa shape index (κ3) is 2.90. The number of amides is 1. The standard InChI is InChI=1S/C20H19N5O/c1-3-18(26)25-12-9-15-17(13-25)21-20(14-7-5-4-6-8-14)22-19(15)16-10-11-24(2)23-16/h3-8,10-11H,1,9,12-13H2,2H3. The van der Waals surface area contributed by atoms with Crippen molar-refractivity contribution in [3.05, 3.63) is 66.5 Å². The van der Waals surface area contributed by atoms with Crippen LogP contribution in [0.5, 0.6) is 0 Å². The van der Waals surface area contributed by atoms with Gasteiger partial charge in [-0.2, -0.15) is 5.10 Å². The molecule has 26 heavy (non-hydrogen) atoms. The van der Waals surface area contributed by atoms with Crippen LogP contribution in [-0.2, 0) is 24.8 Å². The van der Waals surface area contributed by atoms with Gasteiger partial charge in [0.05, 0.1) is 17.9 Å².